The third-order valence-electron chi connectivity index (χ3n) is 3.95. The summed E-state index contributed by atoms with van der Waals surface area (Å²) in [6.07, 6.45) is 5.65. The highest BCUT2D eigenvalue weighted by Gasteiger charge is 2.32. The van der Waals surface area contributed by atoms with Gasteiger partial charge < -0.3 is 15.3 Å². The zero-order chi connectivity index (χ0) is 11.6. The Morgan fingerprint density at radius 2 is 1.69 bits per heavy atom. The lowest BCUT2D eigenvalue weighted by Gasteiger charge is -2.34. The van der Waals surface area contributed by atoms with Gasteiger partial charge in [-0.25, -0.2) is 0 Å². The van der Waals surface area contributed by atoms with Crippen LogP contribution in [0, 0.1) is 11.8 Å². The second-order valence-corrected chi connectivity index (χ2v) is 6.05. The van der Waals surface area contributed by atoms with Gasteiger partial charge in [0.1, 0.15) is 0 Å². The standard InChI is InChI=1S/C13H26N2O/c1-13(10-16,14-2)9-15(7-11-3-4-11)8-12-5-6-12/h11-12,14,16H,3-10H2,1-2H3. The third-order valence-corrected chi connectivity index (χ3v) is 3.95. The zero-order valence-electron chi connectivity index (χ0n) is 10.7. The number of hydrogen-bond donors (Lipinski definition) is 2. The van der Waals surface area contributed by atoms with Gasteiger partial charge in [-0.2, -0.15) is 0 Å². The van der Waals surface area contributed by atoms with Crippen molar-refractivity contribution in [3.63, 3.8) is 0 Å². The summed E-state index contributed by atoms with van der Waals surface area (Å²) in [5.41, 5.74) is -0.135. The van der Waals surface area contributed by atoms with Crippen LogP contribution in [0.3, 0.4) is 0 Å². The van der Waals surface area contributed by atoms with E-state index in [4.69, 9.17) is 0 Å². The van der Waals surface area contributed by atoms with E-state index < -0.39 is 0 Å². The fourth-order valence-electron chi connectivity index (χ4n) is 2.24. The molecule has 0 spiro atoms. The Bertz CT molecular complexity index is 206. The molecule has 0 radical (unpaired) electrons. The van der Waals surface area contributed by atoms with E-state index in [1.54, 1.807) is 0 Å². The van der Waals surface area contributed by atoms with E-state index in [0.29, 0.717) is 0 Å². The van der Waals surface area contributed by atoms with E-state index in [2.05, 4.69) is 17.1 Å². The Morgan fingerprint density at radius 3 is 2.00 bits per heavy atom. The Labute approximate surface area is 99.2 Å². The van der Waals surface area contributed by atoms with Crippen LogP contribution < -0.4 is 5.32 Å². The largest absolute Gasteiger partial charge is 0.394 e. The lowest BCUT2D eigenvalue weighted by Crippen LogP contribution is -2.53. The zero-order valence-corrected chi connectivity index (χ0v) is 10.7. The van der Waals surface area contributed by atoms with Crippen molar-refractivity contribution in [3.05, 3.63) is 0 Å². The monoisotopic (exact) mass is 226 g/mol. The average molecular weight is 226 g/mol. The van der Waals surface area contributed by atoms with Gasteiger partial charge in [-0.05, 0) is 51.5 Å². The summed E-state index contributed by atoms with van der Waals surface area (Å²) in [5, 5.41) is 12.7. The molecule has 0 aromatic carbocycles. The topological polar surface area (TPSA) is 35.5 Å². The summed E-state index contributed by atoms with van der Waals surface area (Å²) in [5.74, 6) is 1.89. The summed E-state index contributed by atoms with van der Waals surface area (Å²) in [7, 11) is 1.95. The fourth-order valence-corrected chi connectivity index (χ4v) is 2.24. The van der Waals surface area contributed by atoms with Crippen molar-refractivity contribution < 1.29 is 5.11 Å². The van der Waals surface area contributed by atoms with Gasteiger partial charge in [-0.15, -0.1) is 0 Å². The number of nitrogens with zero attached hydrogens (tertiary/aromatic N) is 1. The molecule has 0 aromatic rings. The Kier molecular flexibility index (Phi) is 3.88. The van der Waals surface area contributed by atoms with Crippen molar-refractivity contribution in [2.24, 2.45) is 11.8 Å². The molecule has 2 aliphatic rings. The van der Waals surface area contributed by atoms with Gasteiger partial charge >= 0.3 is 0 Å². The molecule has 1 unspecified atom stereocenters. The van der Waals surface area contributed by atoms with Crippen LogP contribution in [0.2, 0.25) is 0 Å². The molecule has 2 aliphatic carbocycles. The van der Waals surface area contributed by atoms with Crippen LogP contribution >= 0.6 is 0 Å². The van der Waals surface area contributed by atoms with Crippen LogP contribution in [0.25, 0.3) is 0 Å². The Balaban J connectivity index is 1.83. The first kappa shape index (κ1) is 12.3. The Morgan fingerprint density at radius 1 is 1.19 bits per heavy atom. The molecule has 0 heterocycles. The van der Waals surface area contributed by atoms with Gasteiger partial charge in [0, 0.05) is 19.6 Å². The molecule has 0 aromatic heterocycles. The second kappa shape index (κ2) is 5.03. The lowest BCUT2D eigenvalue weighted by atomic mass is 10.0. The number of hydrogen-bond acceptors (Lipinski definition) is 3. The highest BCUT2D eigenvalue weighted by molar-refractivity contribution is 4.89. The van der Waals surface area contributed by atoms with E-state index in [9.17, 15) is 5.11 Å². The van der Waals surface area contributed by atoms with Crippen LogP contribution in [0.15, 0.2) is 0 Å². The average Bonchev–Trinajstić information content (AvgIpc) is 3.13. The van der Waals surface area contributed by atoms with Crippen LogP contribution in [-0.2, 0) is 0 Å². The maximum atomic E-state index is 9.44. The summed E-state index contributed by atoms with van der Waals surface area (Å²) < 4.78 is 0. The number of aliphatic hydroxyl groups excluding tert-OH is 1. The van der Waals surface area contributed by atoms with Crippen molar-refractivity contribution in [2.75, 3.05) is 33.3 Å². The third kappa shape index (κ3) is 3.72. The van der Waals surface area contributed by atoms with Crippen LogP contribution in [0.1, 0.15) is 32.6 Å². The van der Waals surface area contributed by atoms with Crippen LogP contribution in [0.5, 0.6) is 0 Å². The SMILES string of the molecule is CNC(C)(CO)CN(CC1CC1)CC1CC1. The smallest absolute Gasteiger partial charge is 0.0623 e. The summed E-state index contributed by atoms with van der Waals surface area (Å²) in [6.45, 7) is 5.80. The fraction of sp³-hybridized carbons (Fsp3) is 1.00. The summed E-state index contributed by atoms with van der Waals surface area (Å²) >= 11 is 0. The minimum atomic E-state index is -0.135. The number of aliphatic hydroxyl groups is 1. The first-order valence-electron chi connectivity index (χ1n) is 6.67. The highest BCUT2D eigenvalue weighted by atomic mass is 16.3. The second-order valence-electron chi connectivity index (χ2n) is 6.05. The van der Waals surface area contributed by atoms with Gasteiger partial charge in [0.25, 0.3) is 0 Å². The lowest BCUT2D eigenvalue weighted by molar-refractivity contribution is 0.120. The molecule has 2 N–H and O–H groups in total. The first-order valence-corrected chi connectivity index (χ1v) is 6.67. The van der Waals surface area contributed by atoms with Crippen molar-refractivity contribution in [3.8, 4) is 0 Å². The van der Waals surface area contributed by atoms with Crippen LogP contribution in [0.4, 0.5) is 0 Å². The molecule has 0 bridgehead atoms. The number of nitrogens with one attached hydrogen (secondary N) is 1. The molecule has 0 aliphatic heterocycles. The molecule has 0 saturated heterocycles. The van der Waals surface area contributed by atoms with Crippen molar-refractivity contribution in [1.29, 1.82) is 0 Å². The van der Waals surface area contributed by atoms with Crippen LogP contribution in [-0.4, -0.2) is 48.8 Å². The predicted molar refractivity (Wildman–Crippen MR) is 66.4 cm³/mol. The molecular weight excluding hydrogens is 200 g/mol. The number of rotatable bonds is 8. The molecule has 94 valence electrons. The van der Waals surface area contributed by atoms with E-state index in [1.807, 2.05) is 7.05 Å². The molecule has 0 amide bonds. The van der Waals surface area contributed by atoms with Gasteiger partial charge in [0.05, 0.1) is 12.1 Å². The van der Waals surface area contributed by atoms with Crippen molar-refractivity contribution in [2.45, 2.75) is 38.1 Å². The first-order chi connectivity index (χ1) is 7.65. The Hall–Kier alpha value is -0.120. The predicted octanol–water partition coefficient (Wildman–Crippen LogP) is 1.08. The maximum absolute atomic E-state index is 9.44. The van der Waals surface area contributed by atoms with E-state index in [0.717, 1.165) is 18.4 Å². The van der Waals surface area contributed by atoms with Gasteiger partial charge in [0.2, 0.25) is 0 Å². The minimum Gasteiger partial charge on any atom is -0.394 e. The molecule has 2 saturated carbocycles. The van der Waals surface area contributed by atoms with E-state index in [1.165, 1.54) is 38.8 Å². The summed E-state index contributed by atoms with van der Waals surface area (Å²) in [4.78, 5) is 2.57. The van der Waals surface area contributed by atoms with Crippen molar-refractivity contribution in [1.82, 2.24) is 10.2 Å². The highest BCUT2D eigenvalue weighted by Crippen LogP contribution is 2.34. The molecule has 16 heavy (non-hydrogen) atoms. The molecule has 2 fully saturated rings. The minimum absolute atomic E-state index is 0.135. The molecule has 3 nitrogen and oxygen atoms in total. The van der Waals surface area contributed by atoms with Gasteiger partial charge in [-0.3, -0.25) is 0 Å². The molecular formula is C13H26N2O. The van der Waals surface area contributed by atoms with E-state index >= 15 is 0 Å². The van der Waals surface area contributed by atoms with E-state index in [-0.39, 0.29) is 12.1 Å². The molecule has 1 atom stereocenters. The quantitative estimate of drug-likeness (QED) is 0.650. The number of likely N-dealkylation sites (N-methyl/N-ethyl adjacent to an activating group) is 1. The summed E-state index contributed by atoms with van der Waals surface area (Å²) in [6, 6.07) is 0. The van der Waals surface area contributed by atoms with Crippen molar-refractivity contribution >= 4 is 0 Å². The van der Waals surface area contributed by atoms with Gasteiger partial charge in [-0.1, -0.05) is 0 Å². The molecule has 2 rings (SSSR count). The molecule has 3 heteroatoms. The van der Waals surface area contributed by atoms with Gasteiger partial charge in [0.15, 0.2) is 0 Å². The maximum Gasteiger partial charge on any atom is 0.0623 e. The normalized spacial score (nSPS) is 24.8.